The van der Waals surface area contributed by atoms with Gasteiger partial charge in [0, 0.05) is 19.2 Å². The summed E-state index contributed by atoms with van der Waals surface area (Å²) in [6.45, 7) is -0.187. The Kier molecular flexibility index (Phi) is 4.17. The number of sulfonamides is 1. The largest absolute Gasteiger partial charge is 0.465 e. The zero-order valence-corrected chi connectivity index (χ0v) is 12.5. The first kappa shape index (κ1) is 15.7. The number of hydrogen-bond donors (Lipinski definition) is 1. The highest BCUT2D eigenvalue weighted by atomic mass is 35.5. The topological polar surface area (TPSA) is 120 Å². The molecule has 0 spiro atoms. The fraction of sp³-hybridized carbons (Fsp3) is 0.364. The van der Waals surface area contributed by atoms with Crippen molar-refractivity contribution in [3.05, 3.63) is 23.0 Å². The quantitative estimate of drug-likeness (QED) is 0.610. The van der Waals surface area contributed by atoms with Crippen molar-refractivity contribution in [2.75, 3.05) is 18.6 Å². The van der Waals surface area contributed by atoms with E-state index in [1.165, 1.54) is 19.4 Å². The highest BCUT2D eigenvalue weighted by molar-refractivity contribution is 7.89. The van der Waals surface area contributed by atoms with Crippen LogP contribution in [-0.2, 0) is 19.6 Å². The van der Waals surface area contributed by atoms with Crippen LogP contribution in [0, 0.1) is 0 Å². The van der Waals surface area contributed by atoms with Gasteiger partial charge >= 0.3 is 5.97 Å². The van der Waals surface area contributed by atoms with Gasteiger partial charge in [-0.15, -0.1) is 0 Å². The summed E-state index contributed by atoms with van der Waals surface area (Å²) in [7, 11) is -2.69. The normalized spacial score (nSPS) is 18.9. The summed E-state index contributed by atoms with van der Waals surface area (Å²) >= 11 is 5.94. The number of anilines is 1. The molecule has 1 saturated heterocycles. The summed E-state index contributed by atoms with van der Waals surface area (Å²) in [4.78, 5) is 28.7. The smallest absolute Gasteiger partial charge is 0.340 e. The fourth-order valence-corrected chi connectivity index (χ4v) is 3.06. The van der Waals surface area contributed by atoms with Crippen LogP contribution in [0.4, 0.5) is 5.69 Å². The summed E-state index contributed by atoms with van der Waals surface area (Å²) < 4.78 is 27.4. The maximum absolute atomic E-state index is 12.0. The lowest BCUT2D eigenvalue weighted by Gasteiger charge is -2.19. The second kappa shape index (κ2) is 5.58. The number of methoxy groups -OCH3 is 1. The highest BCUT2D eigenvalue weighted by Gasteiger charge is 2.39. The van der Waals surface area contributed by atoms with E-state index < -0.39 is 27.1 Å². The molecule has 2 N–H and O–H groups in total. The van der Waals surface area contributed by atoms with Gasteiger partial charge < -0.3 is 9.64 Å². The standard InChI is InChI=1S/C11H12ClN3O5S/c1-20-11(17)7-2-3-14-10(12)9(7)15-5-6(4-8(15)16)21(13,18)19/h2-3,6H,4-5H2,1H3,(H2,13,18,19). The molecule has 1 atom stereocenters. The molecule has 1 fully saturated rings. The lowest BCUT2D eigenvalue weighted by Crippen LogP contribution is -2.33. The number of rotatable bonds is 3. The molecular formula is C11H12ClN3O5S. The van der Waals surface area contributed by atoms with E-state index in [9.17, 15) is 18.0 Å². The molecule has 0 saturated carbocycles. The Balaban J connectivity index is 2.48. The molecular weight excluding hydrogens is 322 g/mol. The number of halogens is 1. The Morgan fingerprint density at radius 1 is 1.57 bits per heavy atom. The molecule has 8 nitrogen and oxygen atoms in total. The summed E-state index contributed by atoms with van der Waals surface area (Å²) in [5.41, 5.74) is 0.0584. The summed E-state index contributed by atoms with van der Waals surface area (Å²) in [6, 6.07) is 1.34. The number of carbonyl (C=O) groups excluding carboxylic acids is 2. The Morgan fingerprint density at radius 3 is 2.76 bits per heavy atom. The highest BCUT2D eigenvalue weighted by Crippen LogP contribution is 2.33. The fourth-order valence-electron chi connectivity index (χ4n) is 2.07. The van der Waals surface area contributed by atoms with Crippen molar-refractivity contribution in [3.8, 4) is 0 Å². The molecule has 21 heavy (non-hydrogen) atoms. The molecule has 1 aliphatic heterocycles. The van der Waals surface area contributed by atoms with Crippen molar-refractivity contribution in [1.82, 2.24) is 4.98 Å². The number of ether oxygens (including phenoxy) is 1. The van der Waals surface area contributed by atoms with Gasteiger partial charge in [-0.1, -0.05) is 11.6 Å². The molecule has 1 unspecified atom stereocenters. The summed E-state index contributed by atoms with van der Waals surface area (Å²) in [5, 5.41) is 3.91. The van der Waals surface area contributed by atoms with E-state index in [1.807, 2.05) is 0 Å². The van der Waals surface area contributed by atoms with Crippen LogP contribution in [-0.4, -0.2) is 44.2 Å². The SMILES string of the molecule is COC(=O)c1ccnc(Cl)c1N1CC(S(N)(=O)=O)CC1=O. The van der Waals surface area contributed by atoms with Crippen LogP contribution in [0.2, 0.25) is 5.15 Å². The van der Waals surface area contributed by atoms with Crippen LogP contribution in [0.15, 0.2) is 12.3 Å². The molecule has 0 aromatic carbocycles. The first-order valence-electron chi connectivity index (χ1n) is 5.80. The van der Waals surface area contributed by atoms with Crippen molar-refractivity contribution in [2.24, 2.45) is 5.14 Å². The number of nitrogens with zero attached hydrogens (tertiary/aromatic N) is 2. The van der Waals surface area contributed by atoms with E-state index in [4.69, 9.17) is 16.7 Å². The Bertz CT molecular complexity index is 706. The second-order valence-corrected chi connectivity index (χ2v) is 6.61. The number of primary sulfonamides is 1. The van der Waals surface area contributed by atoms with E-state index in [2.05, 4.69) is 9.72 Å². The molecule has 0 bridgehead atoms. The van der Waals surface area contributed by atoms with E-state index in [0.29, 0.717) is 0 Å². The number of carbonyl (C=O) groups is 2. The predicted molar refractivity (Wildman–Crippen MR) is 74.5 cm³/mol. The molecule has 2 rings (SSSR count). The molecule has 0 aliphatic carbocycles. The third kappa shape index (κ3) is 2.99. The number of amides is 1. The number of pyridine rings is 1. The minimum Gasteiger partial charge on any atom is -0.465 e. The first-order chi connectivity index (χ1) is 9.75. The van der Waals surface area contributed by atoms with Gasteiger partial charge in [0.2, 0.25) is 15.9 Å². The van der Waals surface area contributed by atoms with E-state index in [1.54, 1.807) is 0 Å². The maximum atomic E-state index is 12.0. The van der Waals surface area contributed by atoms with Crippen molar-refractivity contribution in [1.29, 1.82) is 0 Å². The third-order valence-electron chi connectivity index (χ3n) is 3.11. The lowest BCUT2D eigenvalue weighted by molar-refractivity contribution is -0.117. The predicted octanol–water partition coefficient (Wildman–Crippen LogP) is -0.0846. The molecule has 1 aromatic heterocycles. The Labute approximate surface area is 125 Å². The van der Waals surface area contributed by atoms with Gasteiger partial charge in [-0.05, 0) is 6.07 Å². The van der Waals surface area contributed by atoms with Crippen molar-refractivity contribution in [2.45, 2.75) is 11.7 Å². The minimum absolute atomic E-state index is 0.0286. The van der Waals surface area contributed by atoms with Crippen LogP contribution in [0.5, 0.6) is 0 Å². The number of nitrogens with two attached hydrogens (primary N) is 1. The van der Waals surface area contributed by atoms with Crippen LogP contribution >= 0.6 is 11.6 Å². The van der Waals surface area contributed by atoms with Gasteiger partial charge in [0.25, 0.3) is 0 Å². The summed E-state index contributed by atoms with van der Waals surface area (Å²) in [6.07, 6.45) is 1.01. The average Bonchev–Trinajstić information content (AvgIpc) is 2.79. The molecule has 1 aliphatic rings. The molecule has 10 heteroatoms. The van der Waals surface area contributed by atoms with Gasteiger partial charge in [0.1, 0.15) is 5.25 Å². The van der Waals surface area contributed by atoms with E-state index in [0.717, 1.165) is 4.90 Å². The van der Waals surface area contributed by atoms with Crippen molar-refractivity contribution >= 4 is 39.2 Å². The van der Waals surface area contributed by atoms with Gasteiger partial charge in [-0.3, -0.25) is 4.79 Å². The van der Waals surface area contributed by atoms with Gasteiger partial charge in [-0.2, -0.15) is 0 Å². The summed E-state index contributed by atoms with van der Waals surface area (Å²) in [5.74, 6) is -1.21. The van der Waals surface area contributed by atoms with E-state index >= 15 is 0 Å². The lowest BCUT2D eigenvalue weighted by atomic mass is 10.2. The first-order valence-corrected chi connectivity index (χ1v) is 7.79. The molecule has 114 valence electrons. The number of esters is 1. The average molecular weight is 334 g/mol. The van der Waals surface area contributed by atoms with Crippen molar-refractivity contribution < 1.29 is 22.7 Å². The Hall–Kier alpha value is -1.71. The van der Waals surface area contributed by atoms with Gasteiger partial charge in [-0.25, -0.2) is 23.3 Å². The van der Waals surface area contributed by atoms with Crippen LogP contribution in [0.3, 0.4) is 0 Å². The third-order valence-corrected chi connectivity index (χ3v) is 4.63. The molecule has 2 heterocycles. The minimum atomic E-state index is -3.87. The van der Waals surface area contributed by atoms with Gasteiger partial charge in [0.05, 0.1) is 18.4 Å². The molecule has 0 radical (unpaired) electrons. The Morgan fingerprint density at radius 2 is 2.24 bits per heavy atom. The van der Waals surface area contributed by atoms with Crippen LogP contribution < -0.4 is 10.0 Å². The monoisotopic (exact) mass is 333 g/mol. The molecule has 1 amide bonds. The maximum Gasteiger partial charge on any atom is 0.340 e. The van der Waals surface area contributed by atoms with E-state index in [-0.39, 0.29) is 29.4 Å². The second-order valence-electron chi connectivity index (χ2n) is 4.41. The van der Waals surface area contributed by atoms with Crippen LogP contribution in [0.1, 0.15) is 16.8 Å². The molecule has 1 aromatic rings. The van der Waals surface area contributed by atoms with Gasteiger partial charge in [0.15, 0.2) is 5.15 Å². The van der Waals surface area contributed by atoms with Crippen LogP contribution in [0.25, 0.3) is 0 Å². The zero-order valence-electron chi connectivity index (χ0n) is 10.9. The zero-order chi connectivity index (χ0) is 15.8. The van der Waals surface area contributed by atoms with Crippen molar-refractivity contribution in [3.63, 3.8) is 0 Å². The number of hydrogen-bond acceptors (Lipinski definition) is 6. The number of aromatic nitrogens is 1.